The number of rotatable bonds is 3. The minimum Gasteiger partial charge on any atom is -0.451 e. The summed E-state index contributed by atoms with van der Waals surface area (Å²) in [5.74, 6) is -0.465. The van der Waals surface area contributed by atoms with E-state index in [1.54, 1.807) is 6.07 Å². The Kier molecular flexibility index (Phi) is 3.43. The SMILES string of the molecule is CCC1(CC)OC(=O)c2ccc(CBr)cc2O1. The molecular weight excluding hydrogens is 284 g/mol. The number of ether oxygens (including phenoxy) is 2. The lowest BCUT2D eigenvalue weighted by molar-refractivity contribution is -0.158. The first-order valence-corrected chi connectivity index (χ1v) is 6.87. The third-order valence-corrected chi connectivity index (χ3v) is 3.72. The molecule has 0 aliphatic carbocycles. The number of fused-ring (bicyclic) bond motifs is 1. The van der Waals surface area contributed by atoms with E-state index in [2.05, 4.69) is 15.9 Å². The number of benzene rings is 1. The summed E-state index contributed by atoms with van der Waals surface area (Å²) in [6.45, 7) is 3.91. The molecule has 1 aromatic rings. The van der Waals surface area contributed by atoms with Crippen molar-refractivity contribution in [3.63, 3.8) is 0 Å². The van der Waals surface area contributed by atoms with Gasteiger partial charge in [0.2, 0.25) is 0 Å². The topological polar surface area (TPSA) is 35.5 Å². The summed E-state index contributed by atoms with van der Waals surface area (Å²) in [4.78, 5) is 11.9. The monoisotopic (exact) mass is 298 g/mol. The highest BCUT2D eigenvalue weighted by molar-refractivity contribution is 9.08. The van der Waals surface area contributed by atoms with Crippen LogP contribution in [-0.4, -0.2) is 11.8 Å². The van der Waals surface area contributed by atoms with Crippen molar-refractivity contribution >= 4 is 21.9 Å². The van der Waals surface area contributed by atoms with Gasteiger partial charge in [-0.25, -0.2) is 4.79 Å². The van der Waals surface area contributed by atoms with Crippen molar-refractivity contribution < 1.29 is 14.3 Å². The van der Waals surface area contributed by atoms with Gasteiger partial charge in [0.1, 0.15) is 11.3 Å². The molecule has 0 saturated carbocycles. The second kappa shape index (κ2) is 4.69. The maximum absolute atomic E-state index is 11.9. The number of esters is 1. The van der Waals surface area contributed by atoms with Crippen LogP contribution < -0.4 is 4.74 Å². The van der Waals surface area contributed by atoms with Crippen LogP contribution in [-0.2, 0) is 10.1 Å². The molecule has 1 aromatic carbocycles. The van der Waals surface area contributed by atoms with Crippen LogP contribution in [0, 0.1) is 0 Å². The first-order chi connectivity index (χ1) is 8.14. The highest BCUT2D eigenvalue weighted by Gasteiger charge is 2.39. The zero-order chi connectivity index (χ0) is 12.5. The molecule has 0 atom stereocenters. The average Bonchev–Trinajstić information content (AvgIpc) is 2.37. The van der Waals surface area contributed by atoms with Crippen LogP contribution in [0.2, 0.25) is 0 Å². The number of alkyl halides is 1. The second-order valence-electron chi connectivity index (χ2n) is 4.07. The van der Waals surface area contributed by atoms with Crippen molar-refractivity contribution in [1.29, 1.82) is 0 Å². The predicted octanol–water partition coefficient (Wildman–Crippen LogP) is 3.65. The van der Waals surface area contributed by atoms with E-state index in [0.717, 1.165) is 10.9 Å². The Morgan fingerprint density at radius 2 is 1.94 bits per heavy atom. The fourth-order valence-corrected chi connectivity index (χ4v) is 2.24. The molecule has 0 unspecified atom stereocenters. The largest absolute Gasteiger partial charge is 0.451 e. The molecule has 92 valence electrons. The van der Waals surface area contributed by atoms with E-state index in [0.29, 0.717) is 24.2 Å². The molecule has 0 saturated heterocycles. The van der Waals surface area contributed by atoms with Crippen LogP contribution in [0.25, 0.3) is 0 Å². The Bertz CT molecular complexity index is 438. The van der Waals surface area contributed by atoms with Crippen LogP contribution in [0.3, 0.4) is 0 Å². The van der Waals surface area contributed by atoms with E-state index < -0.39 is 5.79 Å². The van der Waals surface area contributed by atoms with Crippen molar-refractivity contribution in [2.24, 2.45) is 0 Å². The van der Waals surface area contributed by atoms with Crippen LogP contribution in [0.4, 0.5) is 0 Å². The van der Waals surface area contributed by atoms with Gasteiger partial charge >= 0.3 is 5.97 Å². The molecule has 0 amide bonds. The molecule has 0 radical (unpaired) electrons. The van der Waals surface area contributed by atoms with Crippen LogP contribution in [0.15, 0.2) is 18.2 Å². The Morgan fingerprint density at radius 3 is 2.53 bits per heavy atom. The van der Waals surface area contributed by atoms with Gasteiger partial charge in [-0.15, -0.1) is 0 Å². The van der Waals surface area contributed by atoms with Crippen molar-refractivity contribution in [3.8, 4) is 5.75 Å². The molecule has 3 nitrogen and oxygen atoms in total. The number of halogens is 1. The molecule has 4 heteroatoms. The summed E-state index contributed by atoms with van der Waals surface area (Å²) in [5.41, 5.74) is 1.59. The molecule has 1 aliphatic rings. The molecule has 2 rings (SSSR count). The van der Waals surface area contributed by atoms with Crippen LogP contribution in [0.5, 0.6) is 5.75 Å². The van der Waals surface area contributed by atoms with Crippen LogP contribution >= 0.6 is 15.9 Å². The molecule has 1 aliphatic heterocycles. The smallest absolute Gasteiger partial charge is 0.345 e. The van der Waals surface area contributed by atoms with Gasteiger partial charge in [0.15, 0.2) is 0 Å². The third-order valence-electron chi connectivity index (χ3n) is 3.07. The lowest BCUT2D eigenvalue weighted by Crippen LogP contribution is -2.43. The van der Waals surface area contributed by atoms with Crippen molar-refractivity contribution in [3.05, 3.63) is 29.3 Å². The molecule has 0 bridgehead atoms. The van der Waals surface area contributed by atoms with Gasteiger partial charge in [-0.05, 0) is 17.7 Å². The molecule has 17 heavy (non-hydrogen) atoms. The first-order valence-electron chi connectivity index (χ1n) is 5.75. The maximum Gasteiger partial charge on any atom is 0.345 e. The zero-order valence-electron chi connectivity index (χ0n) is 9.96. The lowest BCUT2D eigenvalue weighted by Gasteiger charge is -2.36. The Labute approximate surface area is 109 Å². The molecular formula is C13H15BrO3. The highest BCUT2D eigenvalue weighted by atomic mass is 79.9. The Morgan fingerprint density at radius 1 is 1.24 bits per heavy atom. The van der Waals surface area contributed by atoms with Gasteiger partial charge in [0.25, 0.3) is 5.79 Å². The fraction of sp³-hybridized carbons (Fsp3) is 0.462. The number of carbonyl (C=O) groups is 1. The molecule has 0 aromatic heterocycles. The zero-order valence-corrected chi connectivity index (χ0v) is 11.5. The van der Waals surface area contributed by atoms with E-state index >= 15 is 0 Å². The summed E-state index contributed by atoms with van der Waals surface area (Å²) >= 11 is 3.39. The van der Waals surface area contributed by atoms with Gasteiger partial charge in [-0.2, -0.15) is 0 Å². The van der Waals surface area contributed by atoms with Gasteiger partial charge < -0.3 is 9.47 Å². The van der Waals surface area contributed by atoms with Gasteiger partial charge in [0.05, 0.1) is 0 Å². The van der Waals surface area contributed by atoms with Gasteiger partial charge in [0, 0.05) is 18.2 Å². The van der Waals surface area contributed by atoms with Crippen molar-refractivity contribution in [2.75, 3.05) is 0 Å². The summed E-state index contributed by atoms with van der Waals surface area (Å²) < 4.78 is 11.3. The Balaban J connectivity index is 2.43. The van der Waals surface area contributed by atoms with E-state index in [4.69, 9.17) is 9.47 Å². The van der Waals surface area contributed by atoms with E-state index in [1.807, 2.05) is 26.0 Å². The minimum atomic E-state index is -0.797. The predicted molar refractivity (Wildman–Crippen MR) is 68.4 cm³/mol. The molecule has 0 spiro atoms. The fourth-order valence-electron chi connectivity index (χ4n) is 1.89. The first kappa shape index (κ1) is 12.4. The molecule has 0 fully saturated rings. The quantitative estimate of drug-likeness (QED) is 0.631. The Hall–Kier alpha value is -1.03. The lowest BCUT2D eigenvalue weighted by atomic mass is 10.1. The van der Waals surface area contributed by atoms with Gasteiger partial charge in [-0.3, -0.25) is 0 Å². The molecule has 1 heterocycles. The number of hydrogen-bond acceptors (Lipinski definition) is 3. The van der Waals surface area contributed by atoms with Gasteiger partial charge in [-0.1, -0.05) is 35.8 Å². The van der Waals surface area contributed by atoms with E-state index in [9.17, 15) is 4.79 Å². The minimum absolute atomic E-state index is 0.295. The van der Waals surface area contributed by atoms with E-state index in [1.165, 1.54) is 0 Å². The van der Waals surface area contributed by atoms with Crippen molar-refractivity contribution in [1.82, 2.24) is 0 Å². The second-order valence-corrected chi connectivity index (χ2v) is 4.63. The summed E-state index contributed by atoms with van der Waals surface area (Å²) in [6.07, 6.45) is 1.29. The number of carbonyl (C=O) groups excluding carboxylic acids is 1. The van der Waals surface area contributed by atoms with Crippen molar-refractivity contribution in [2.45, 2.75) is 37.8 Å². The van der Waals surface area contributed by atoms with E-state index in [-0.39, 0.29) is 5.97 Å². The standard InChI is InChI=1S/C13H15BrO3/c1-3-13(4-2)16-11-7-9(8-14)5-6-10(11)12(15)17-13/h5-7H,3-4,8H2,1-2H3. The molecule has 0 N–H and O–H groups in total. The third kappa shape index (κ3) is 2.18. The summed E-state index contributed by atoms with van der Waals surface area (Å²) in [5, 5.41) is 0.740. The number of cyclic esters (lactones) is 1. The maximum atomic E-state index is 11.9. The van der Waals surface area contributed by atoms with Crippen LogP contribution in [0.1, 0.15) is 42.6 Å². The summed E-state index contributed by atoms with van der Waals surface area (Å²) in [6, 6.07) is 5.54. The summed E-state index contributed by atoms with van der Waals surface area (Å²) in [7, 11) is 0. The average molecular weight is 299 g/mol. The normalized spacial score (nSPS) is 17.0. The number of hydrogen-bond donors (Lipinski definition) is 0. The highest BCUT2D eigenvalue weighted by Crippen LogP contribution is 2.35.